The monoisotopic (exact) mass is 395 g/mol. The molecule has 1 unspecified atom stereocenters. The molecule has 1 amide bonds. The van der Waals surface area contributed by atoms with E-state index in [1.165, 1.54) is 18.3 Å². The second-order valence-electron chi connectivity index (χ2n) is 6.88. The topological polar surface area (TPSA) is 91.0 Å². The van der Waals surface area contributed by atoms with Gasteiger partial charge in [0.2, 0.25) is 11.9 Å². The van der Waals surface area contributed by atoms with Crippen LogP contribution >= 0.6 is 11.3 Å². The Morgan fingerprint density at radius 2 is 2.29 bits per heavy atom. The molecule has 7 nitrogen and oxygen atoms in total. The molecule has 144 valence electrons. The summed E-state index contributed by atoms with van der Waals surface area (Å²) in [7, 11) is 0. The fourth-order valence-electron chi connectivity index (χ4n) is 3.32. The highest BCUT2D eigenvalue weighted by atomic mass is 32.1. The minimum absolute atomic E-state index is 0.0270. The number of carbonyl (C=O) groups excluding carboxylic acids is 2. The Bertz CT molecular complexity index is 982. The Hall–Kier alpha value is -3.00. The Balaban J connectivity index is 1.34. The van der Waals surface area contributed by atoms with E-state index in [1.54, 1.807) is 12.3 Å². The van der Waals surface area contributed by atoms with E-state index in [1.807, 2.05) is 29.8 Å². The van der Waals surface area contributed by atoms with E-state index in [-0.39, 0.29) is 17.7 Å². The third-order valence-electron chi connectivity index (χ3n) is 4.72. The Morgan fingerprint density at radius 3 is 3.04 bits per heavy atom. The van der Waals surface area contributed by atoms with Crippen LogP contribution in [0.1, 0.15) is 28.6 Å². The van der Waals surface area contributed by atoms with Crippen molar-refractivity contribution in [2.75, 3.05) is 18.0 Å². The van der Waals surface area contributed by atoms with Crippen LogP contribution in [0.4, 0.5) is 5.95 Å². The summed E-state index contributed by atoms with van der Waals surface area (Å²) < 4.78 is 0. The number of nitrogens with zero attached hydrogens (tertiary/aromatic N) is 3. The van der Waals surface area contributed by atoms with E-state index < -0.39 is 0 Å². The molecule has 1 saturated heterocycles. The fraction of sp³-hybridized carbons (Fsp3) is 0.300. The summed E-state index contributed by atoms with van der Waals surface area (Å²) in [6.45, 7) is 3.02. The van der Waals surface area contributed by atoms with Gasteiger partial charge in [0.1, 0.15) is 0 Å². The van der Waals surface area contributed by atoms with Crippen molar-refractivity contribution < 1.29 is 9.59 Å². The van der Waals surface area contributed by atoms with Crippen molar-refractivity contribution in [1.82, 2.24) is 20.3 Å². The molecule has 1 fully saturated rings. The van der Waals surface area contributed by atoms with Gasteiger partial charge in [-0.1, -0.05) is 0 Å². The zero-order chi connectivity index (χ0) is 19.5. The first-order valence-corrected chi connectivity index (χ1v) is 10.1. The third-order valence-corrected chi connectivity index (χ3v) is 5.80. The van der Waals surface area contributed by atoms with Crippen molar-refractivity contribution in [3.63, 3.8) is 0 Å². The molecule has 0 saturated carbocycles. The molecule has 0 radical (unpaired) electrons. The molecule has 28 heavy (non-hydrogen) atoms. The van der Waals surface area contributed by atoms with E-state index >= 15 is 0 Å². The van der Waals surface area contributed by atoms with Crippen LogP contribution in [0.5, 0.6) is 0 Å². The largest absolute Gasteiger partial charge is 0.360 e. The van der Waals surface area contributed by atoms with Gasteiger partial charge in [0.15, 0.2) is 5.78 Å². The molecule has 4 rings (SSSR count). The standard InChI is InChI=1S/C20H21N5O2S/c1-13(26)18-9-14(12-28-18)10-19(27)23-15-5-8-25(11-15)20-22-7-4-17(24-20)16-3-2-6-21-16/h2-4,6-7,9,12,15,21H,5,8,10-11H2,1H3,(H,23,27). The van der Waals surface area contributed by atoms with E-state index in [2.05, 4.69) is 25.2 Å². The molecule has 1 atom stereocenters. The number of amides is 1. The summed E-state index contributed by atoms with van der Waals surface area (Å²) >= 11 is 1.38. The Morgan fingerprint density at radius 1 is 1.39 bits per heavy atom. The van der Waals surface area contributed by atoms with Crippen LogP contribution < -0.4 is 10.2 Å². The average molecular weight is 395 g/mol. The van der Waals surface area contributed by atoms with Gasteiger partial charge < -0.3 is 15.2 Å². The number of aromatic nitrogens is 3. The number of carbonyl (C=O) groups is 2. The molecule has 3 aromatic heterocycles. The van der Waals surface area contributed by atoms with E-state index in [0.717, 1.165) is 29.9 Å². The predicted octanol–water partition coefficient (Wildman–Crippen LogP) is 2.67. The van der Waals surface area contributed by atoms with Gasteiger partial charge >= 0.3 is 0 Å². The SMILES string of the molecule is CC(=O)c1cc(CC(=O)NC2CCN(c3nccc(-c4ccc[nH]4)n3)C2)cs1. The average Bonchev–Trinajstić information content (AvgIpc) is 3.43. The summed E-state index contributed by atoms with van der Waals surface area (Å²) in [6.07, 6.45) is 4.77. The minimum Gasteiger partial charge on any atom is -0.360 e. The van der Waals surface area contributed by atoms with Gasteiger partial charge in [-0.3, -0.25) is 9.59 Å². The van der Waals surface area contributed by atoms with Crippen LogP contribution in [0.25, 0.3) is 11.4 Å². The van der Waals surface area contributed by atoms with E-state index in [0.29, 0.717) is 23.8 Å². The molecular formula is C20H21N5O2S. The number of rotatable bonds is 6. The molecule has 3 aromatic rings. The molecule has 4 heterocycles. The molecular weight excluding hydrogens is 374 g/mol. The number of hydrogen-bond acceptors (Lipinski definition) is 6. The van der Waals surface area contributed by atoms with E-state index in [4.69, 9.17) is 0 Å². The number of aromatic amines is 1. The van der Waals surface area contributed by atoms with Gasteiger partial charge in [0.05, 0.1) is 22.7 Å². The lowest BCUT2D eigenvalue weighted by molar-refractivity contribution is -0.121. The van der Waals surface area contributed by atoms with Crippen LogP contribution in [-0.4, -0.2) is 45.8 Å². The van der Waals surface area contributed by atoms with Gasteiger partial charge in [-0.05, 0) is 48.6 Å². The van der Waals surface area contributed by atoms with Gasteiger partial charge in [0, 0.05) is 31.5 Å². The van der Waals surface area contributed by atoms with Gasteiger partial charge in [-0.15, -0.1) is 11.3 Å². The first kappa shape index (κ1) is 18.4. The maximum Gasteiger partial charge on any atom is 0.225 e. The molecule has 0 bridgehead atoms. The van der Waals surface area contributed by atoms with Crippen LogP contribution in [0.3, 0.4) is 0 Å². The predicted molar refractivity (Wildman–Crippen MR) is 109 cm³/mol. The maximum atomic E-state index is 12.4. The molecule has 1 aliphatic heterocycles. The van der Waals surface area contributed by atoms with Gasteiger partial charge in [-0.2, -0.15) is 0 Å². The lowest BCUT2D eigenvalue weighted by atomic mass is 10.2. The third kappa shape index (κ3) is 4.12. The molecule has 0 spiro atoms. The molecule has 0 aromatic carbocycles. The summed E-state index contributed by atoms with van der Waals surface area (Å²) in [5.41, 5.74) is 2.68. The Labute approximate surface area is 166 Å². The number of thiophene rings is 1. The summed E-state index contributed by atoms with van der Waals surface area (Å²) in [5, 5.41) is 4.96. The zero-order valence-corrected chi connectivity index (χ0v) is 16.3. The molecule has 2 N–H and O–H groups in total. The smallest absolute Gasteiger partial charge is 0.225 e. The van der Waals surface area contributed by atoms with Crippen molar-refractivity contribution in [3.8, 4) is 11.4 Å². The lowest BCUT2D eigenvalue weighted by Gasteiger charge is -2.17. The second kappa shape index (κ2) is 7.93. The van der Waals surface area contributed by atoms with E-state index in [9.17, 15) is 9.59 Å². The number of anilines is 1. The first-order chi connectivity index (χ1) is 13.6. The van der Waals surface area contributed by atoms with Gasteiger partial charge in [-0.25, -0.2) is 9.97 Å². The molecule has 8 heteroatoms. The lowest BCUT2D eigenvalue weighted by Crippen LogP contribution is -2.38. The fourth-order valence-corrected chi connectivity index (χ4v) is 4.13. The van der Waals surface area contributed by atoms with Crippen LogP contribution in [-0.2, 0) is 11.2 Å². The summed E-state index contributed by atoms with van der Waals surface area (Å²) in [6, 6.07) is 7.65. The van der Waals surface area contributed by atoms with Crippen LogP contribution in [0, 0.1) is 0 Å². The van der Waals surface area contributed by atoms with Crippen molar-refractivity contribution in [3.05, 3.63) is 52.5 Å². The number of Topliss-reactive ketones (excluding diaryl/α,β-unsaturated/α-hetero) is 1. The van der Waals surface area contributed by atoms with Crippen molar-refractivity contribution in [1.29, 1.82) is 0 Å². The van der Waals surface area contributed by atoms with Crippen LogP contribution in [0.2, 0.25) is 0 Å². The zero-order valence-electron chi connectivity index (χ0n) is 15.5. The highest BCUT2D eigenvalue weighted by molar-refractivity contribution is 7.12. The van der Waals surface area contributed by atoms with Crippen molar-refractivity contribution in [2.45, 2.75) is 25.8 Å². The number of nitrogens with one attached hydrogen (secondary N) is 2. The number of ketones is 1. The summed E-state index contributed by atoms with van der Waals surface area (Å²) in [4.78, 5) is 38.7. The van der Waals surface area contributed by atoms with Crippen molar-refractivity contribution >= 4 is 29.0 Å². The molecule has 1 aliphatic rings. The quantitative estimate of drug-likeness (QED) is 0.626. The summed E-state index contributed by atoms with van der Waals surface area (Å²) in [5.74, 6) is 0.679. The molecule has 0 aliphatic carbocycles. The minimum atomic E-state index is -0.0270. The highest BCUT2D eigenvalue weighted by Gasteiger charge is 2.26. The first-order valence-electron chi connectivity index (χ1n) is 9.18. The van der Waals surface area contributed by atoms with Gasteiger partial charge in [0.25, 0.3) is 0 Å². The van der Waals surface area contributed by atoms with Crippen molar-refractivity contribution in [2.24, 2.45) is 0 Å². The maximum absolute atomic E-state index is 12.4. The number of hydrogen-bond donors (Lipinski definition) is 2. The van der Waals surface area contributed by atoms with Crippen LogP contribution in [0.15, 0.2) is 42.0 Å². The highest BCUT2D eigenvalue weighted by Crippen LogP contribution is 2.21. The number of H-pyrrole nitrogens is 1. The second-order valence-corrected chi connectivity index (χ2v) is 7.79. The Kier molecular flexibility index (Phi) is 5.21. The normalized spacial score (nSPS) is 16.3.